The van der Waals surface area contributed by atoms with Crippen LogP contribution in [0.15, 0.2) is 11.6 Å². The third-order valence-corrected chi connectivity index (χ3v) is 1.51. The Hall–Kier alpha value is -0.110. The molecule has 0 aromatic rings. The first-order chi connectivity index (χ1) is 3.67. The maximum atomic E-state index is 12.1. The maximum absolute atomic E-state index is 12.1. The van der Waals surface area contributed by atoms with Crippen LogP contribution in [-0.4, -0.2) is 11.8 Å². The van der Waals surface area contributed by atoms with Crippen LogP contribution in [0.5, 0.6) is 0 Å². The van der Waals surface area contributed by atoms with Gasteiger partial charge in [-0.2, -0.15) is 0 Å². The zero-order chi connectivity index (χ0) is 6.20. The highest BCUT2D eigenvalue weighted by atomic mass is 35.5. The maximum Gasteiger partial charge on any atom is 0.273 e. The molecule has 0 nitrogen and oxygen atoms in total. The van der Waals surface area contributed by atoms with E-state index in [0.29, 0.717) is 0 Å². The summed E-state index contributed by atoms with van der Waals surface area (Å²) in [7, 11) is 0. The first-order valence-corrected chi connectivity index (χ1v) is 2.83. The standard InChI is InChI=1S/C5H5ClF2/c6-3-4-1-2-5(4,7)8/h1H,2-3H2. The van der Waals surface area contributed by atoms with Crippen LogP contribution < -0.4 is 0 Å². The lowest BCUT2D eigenvalue weighted by Crippen LogP contribution is -2.27. The number of allylic oxidation sites excluding steroid dienone is 2. The lowest BCUT2D eigenvalue weighted by atomic mass is 9.96. The summed E-state index contributed by atoms with van der Waals surface area (Å²) in [5, 5.41) is 0. The Morgan fingerprint density at radius 1 is 1.75 bits per heavy atom. The molecule has 46 valence electrons. The van der Waals surface area contributed by atoms with Crippen molar-refractivity contribution in [2.75, 3.05) is 5.88 Å². The average Bonchev–Trinajstić information content (AvgIpc) is 1.66. The third-order valence-electron chi connectivity index (χ3n) is 1.22. The SMILES string of the molecule is FC1(F)CC=C1CCl. The Kier molecular flexibility index (Phi) is 1.27. The lowest BCUT2D eigenvalue weighted by molar-refractivity contribution is 0.0253. The number of hydrogen-bond donors (Lipinski definition) is 0. The minimum absolute atomic E-state index is 0.0347. The Balaban J connectivity index is 2.59. The third kappa shape index (κ3) is 0.730. The molecule has 0 aromatic heterocycles. The predicted molar refractivity (Wildman–Crippen MR) is 28.4 cm³/mol. The fraction of sp³-hybridized carbons (Fsp3) is 0.600. The zero-order valence-electron chi connectivity index (χ0n) is 4.13. The minimum atomic E-state index is -2.58. The summed E-state index contributed by atoms with van der Waals surface area (Å²) in [6.45, 7) is 0. The van der Waals surface area contributed by atoms with Gasteiger partial charge in [0, 0.05) is 17.9 Å². The summed E-state index contributed by atoms with van der Waals surface area (Å²) in [6, 6.07) is 0. The second kappa shape index (κ2) is 1.69. The largest absolute Gasteiger partial charge is 0.273 e. The Morgan fingerprint density at radius 2 is 2.38 bits per heavy atom. The van der Waals surface area contributed by atoms with Crippen LogP contribution in [0.2, 0.25) is 0 Å². The molecule has 0 N–H and O–H groups in total. The van der Waals surface area contributed by atoms with E-state index in [1.54, 1.807) is 0 Å². The molecule has 0 aromatic carbocycles. The van der Waals surface area contributed by atoms with E-state index in [2.05, 4.69) is 0 Å². The van der Waals surface area contributed by atoms with Crippen LogP contribution in [-0.2, 0) is 0 Å². The Labute approximate surface area is 51.1 Å². The van der Waals surface area contributed by atoms with Gasteiger partial charge in [0.05, 0.1) is 0 Å². The molecular weight excluding hydrogens is 134 g/mol. The molecule has 0 saturated heterocycles. The summed E-state index contributed by atoms with van der Waals surface area (Å²) in [6.07, 6.45) is 1.34. The molecule has 0 atom stereocenters. The van der Waals surface area contributed by atoms with Gasteiger partial charge in [-0.3, -0.25) is 0 Å². The van der Waals surface area contributed by atoms with E-state index in [1.165, 1.54) is 6.08 Å². The van der Waals surface area contributed by atoms with Crippen molar-refractivity contribution in [3.8, 4) is 0 Å². The summed E-state index contributed by atoms with van der Waals surface area (Å²) in [4.78, 5) is 0. The highest BCUT2D eigenvalue weighted by Gasteiger charge is 2.39. The molecule has 0 unspecified atom stereocenters. The fourth-order valence-electron chi connectivity index (χ4n) is 0.553. The second-order valence-electron chi connectivity index (χ2n) is 1.77. The van der Waals surface area contributed by atoms with E-state index < -0.39 is 5.92 Å². The quantitative estimate of drug-likeness (QED) is 0.385. The van der Waals surface area contributed by atoms with Crippen molar-refractivity contribution < 1.29 is 8.78 Å². The summed E-state index contributed by atoms with van der Waals surface area (Å²) < 4.78 is 24.1. The topological polar surface area (TPSA) is 0 Å². The summed E-state index contributed by atoms with van der Waals surface area (Å²) in [5.74, 6) is -2.62. The first kappa shape index (κ1) is 6.02. The molecule has 0 bridgehead atoms. The van der Waals surface area contributed by atoms with Crippen molar-refractivity contribution in [2.24, 2.45) is 0 Å². The highest BCUT2D eigenvalue weighted by Crippen LogP contribution is 2.37. The molecule has 0 aliphatic heterocycles. The van der Waals surface area contributed by atoms with Crippen LogP contribution in [0.1, 0.15) is 6.42 Å². The smallest absolute Gasteiger partial charge is 0.201 e. The zero-order valence-corrected chi connectivity index (χ0v) is 4.88. The molecule has 1 aliphatic carbocycles. The average molecular weight is 139 g/mol. The van der Waals surface area contributed by atoms with Crippen molar-refractivity contribution in [1.29, 1.82) is 0 Å². The molecule has 8 heavy (non-hydrogen) atoms. The molecule has 0 amide bonds. The van der Waals surface area contributed by atoms with E-state index >= 15 is 0 Å². The molecule has 0 heterocycles. The van der Waals surface area contributed by atoms with Crippen LogP contribution in [0.4, 0.5) is 8.78 Å². The molecule has 1 rings (SSSR count). The molecule has 3 heteroatoms. The van der Waals surface area contributed by atoms with E-state index in [-0.39, 0.29) is 17.9 Å². The molecule has 0 fully saturated rings. The van der Waals surface area contributed by atoms with Gasteiger partial charge >= 0.3 is 0 Å². The van der Waals surface area contributed by atoms with Gasteiger partial charge < -0.3 is 0 Å². The van der Waals surface area contributed by atoms with Gasteiger partial charge in [-0.05, 0) is 0 Å². The molecular formula is C5H5ClF2. The van der Waals surface area contributed by atoms with Crippen molar-refractivity contribution in [3.63, 3.8) is 0 Å². The first-order valence-electron chi connectivity index (χ1n) is 2.30. The Bertz CT molecular complexity index is 128. The Morgan fingerprint density at radius 3 is 2.38 bits per heavy atom. The van der Waals surface area contributed by atoms with Gasteiger partial charge in [-0.25, -0.2) is 8.78 Å². The highest BCUT2D eigenvalue weighted by molar-refractivity contribution is 6.19. The van der Waals surface area contributed by atoms with Crippen molar-refractivity contribution in [2.45, 2.75) is 12.3 Å². The van der Waals surface area contributed by atoms with Crippen LogP contribution in [0.25, 0.3) is 0 Å². The van der Waals surface area contributed by atoms with Gasteiger partial charge in [-0.1, -0.05) is 6.08 Å². The normalized spacial score (nSPS) is 24.1. The van der Waals surface area contributed by atoms with E-state index in [1.807, 2.05) is 0 Å². The van der Waals surface area contributed by atoms with Crippen LogP contribution >= 0.6 is 11.6 Å². The summed E-state index contributed by atoms with van der Waals surface area (Å²) in [5.41, 5.74) is 0.0687. The van der Waals surface area contributed by atoms with Gasteiger partial charge in [0.1, 0.15) is 0 Å². The van der Waals surface area contributed by atoms with Gasteiger partial charge in [0.15, 0.2) is 0 Å². The second-order valence-corrected chi connectivity index (χ2v) is 2.04. The lowest BCUT2D eigenvalue weighted by Gasteiger charge is -2.24. The number of alkyl halides is 3. The minimum Gasteiger partial charge on any atom is -0.201 e. The van der Waals surface area contributed by atoms with Crippen LogP contribution in [0, 0.1) is 0 Å². The van der Waals surface area contributed by atoms with Crippen molar-refractivity contribution >= 4 is 11.6 Å². The van der Waals surface area contributed by atoms with Crippen molar-refractivity contribution in [1.82, 2.24) is 0 Å². The van der Waals surface area contributed by atoms with Crippen LogP contribution in [0.3, 0.4) is 0 Å². The monoisotopic (exact) mass is 138 g/mol. The fourth-order valence-corrected chi connectivity index (χ4v) is 0.858. The van der Waals surface area contributed by atoms with Gasteiger partial charge in [-0.15, -0.1) is 11.6 Å². The number of hydrogen-bond acceptors (Lipinski definition) is 0. The molecule has 0 saturated carbocycles. The molecule has 0 radical (unpaired) electrons. The van der Waals surface area contributed by atoms with E-state index in [4.69, 9.17) is 11.6 Å². The summed E-state index contributed by atoms with van der Waals surface area (Å²) >= 11 is 5.14. The van der Waals surface area contributed by atoms with E-state index in [9.17, 15) is 8.78 Å². The number of rotatable bonds is 1. The van der Waals surface area contributed by atoms with E-state index in [0.717, 1.165) is 0 Å². The molecule has 0 spiro atoms. The molecule has 1 aliphatic rings. The van der Waals surface area contributed by atoms with Gasteiger partial charge in [0.2, 0.25) is 0 Å². The van der Waals surface area contributed by atoms with Gasteiger partial charge in [0.25, 0.3) is 5.92 Å². The predicted octanol–water partition coefficient (Wildman–Crippen LogP) is 2.19. The number of halogens is 3. The van der Waals surface area contributed by atoms with Crippen molar-refractivity contribution in [3.05, 3.63) is 11.6 Å².